The van der Waals surface area contributed by atoms with Crippen molar-refractivity contribution in [2.45, 2.75) is 57.7 Å². The lowest BCUT2D eigenvalue weighted by Gasteiger charge is -2.31. The van der Waals surface area contributed by atoms with Gasteiger partial charge in [-0.15, -0.1) is 0 Å². The quantitative estimate of drug-likeness (QED) is 0.524. The zero-order valence-corrected chi connectivity index (χ0v) is 19.5. The summed E-state index contributed by atoms with van der Waals surface area (Å²) < 4.78 is 19.3. The highest BCUT2D eigenvalue weighted by Crippen LogP contribution is 2.25. The maximum atomic E-state index is 13.9. The van der Waals surface area contributed by atoms with E-state index in [0.717, 1.165) is 31.2 Å². The number of carbonyl (C=O) groups is 2. The van der Waals surface area contributed by atoms with Gasteiger partial charge in [-0.2, -0.15) is 0 Å². The van der Waals surface area contributed by atoms with E-state index in [9.17, 15) is 14.0 Å². The fraction of sp³-hybridized carbons (Fsp3) is 0.417. The summed E-state index contributed by atoms with van der Waals surface area (Å²) in [6, 6.07) is 10.4. The molecule has 1 saturated carbocycles. The smallest absolute Gasteiger partial charge is 0.261 e. The van der Waals surface area contributed by atoms with Gasteiger partial charge in [-0.05, 0) is 49.1 Å². The number of rotatable bonds is 9. The first kappa shape index (κ1) is 24.3. The van der Waals surface area contributed by atoms with Crippen LogP contribution in [-0.2, 0) is 16.1 Å². The maximum absolute atomic E-state index is 13.9. The molecule has 0 bridgehead atoms. The minimum atomic E-state index is -0.693. The average Bonchev–Trinajstić information content (AvgIpc) is 3.28. The van der Waals surface area contributed by atoms with Crippen LogP contribution < -0.4 is 10.1 Å². The van der Waals surface area contributed by atoms with Crippen molar-refractivity contribution >= 4 is 35.0 Å². The summed E-state index contributed by atoms with van der Waals surface area (Å²) in [4.78, 5) is 27.7. The Kier molecular flexibility index (Phi) is 8.76. The Morgan fingerprint density at radius 2 is 1.88 bits per heavy atom. The van der Waals surface area contributed by atoms with Gasteiger partial charge in [0.05, 0.1) is 10.0 Å². The van der Waals surface area contributed by atoms with Crippen molar-refractivity contribution < 1.29 is 18.7 Å². The summed E-state index contributed by atoms with van der Waals surface area (Å²) in [7, 11) is 0. The highest BCUT2D eigenvalue weighted by Gasteiger charge is 2.31. The topological polar surface area (TPSA) is 58.6 Å². The van der Waals surface area contributed by atoms with Gasteiger partial charge in [-0.25, -0.2) is 4.39 Å². The molecule has 1 N–H and O–H groups in total. The molecular formula is C24H27Cl2FN2O3. The van der Waals surface area contributed by atoms with E-state index < -0.39 is 24.4 Å². The van der Waals surface area contributed by atoms with Crippen LogP contribution in [0.1, 0.15) is 44.6 Å². The van der Waals surface area contributed by atoms with Gasteiger partial charge < -0.3 is 15.0 Å². The second-order valence-electron chi connectivity index (χ2n) is 7.90. The number of carbonyl (C=O) groups excluding carboxylic acids is 2. The van der Waals surface area contributed by atoms with Gasteiger partial charge >= 0.3 is 0 Å². The number of hydrogen-bond acceptors (Lipinski definition) is 3. The lowest BCUT2D eigenvalue weighted by Crippen LogP contribution is -2.52. The molecule has 2 aromatic carbocycles. The molecule has 8 heteroatoms. The minimum Gasteiger partial charge on any atom is -0.481 e. The van der Waals surface area contributed by atoms with Crippen molar-refractivity contribution in [1.82, 2.24) is 10.2 Å². The van der Waals surface area contributed by atoms with Crippen LogP contribution in [0.3, 0.4) is 0 Å². The zero-order valence-electron chi connectivity index (χ0n) is 18.0. The van der Waals surface area contributed by atoms with Crippen LogP contribution in [0, 0.1) is 5.82 Å². The third kappa shape index (κ3) is 6.36. The van der Waals surface area contributed by atoms with Gasteiger partial charge in [0.2, 0.25) is 5.91 Å². The number of para-hydroxylation sites is 1. The lowest BCUT2D eigenvalue weighted by molar-refractivity contribution is -0.143. The van der Waals surface area contributed by atoms with Crippen molar-refractivity contribution in [2.24, 2.45) is 0 Å². The van der Waals surface area contributed by atoms with Gasteiger partial charge in [0.1, 0.15) is 6.04 Å². The van der Waals surface area contributed by atoms with E-state index >= 15 is 0 Å². The Labute approximate surface area is 197 Å². The Bertz CT molecular complexity index is 951. The second kappa shape index (κ2) is 11.5. The Morgan fingerprint density at radius 3 is 2.53 bits per heavy atom. The zero-order chi connectivity index (χ0) is 23.1. The van der Waals surface area contributed by atoms with Crippen molar-refractivity contribution in [3.63, 3.8) is 0 Å². The van der Waals surface area contributed by atoms with Gasteiger partial charge in [0.25, 0.3) is 5.91 Å². The van der Waals surface area contributed by atoms with Crippen molar-refractivity contribution in [3.8, 4) is 5.75 Å². The van der Waals surface area contributed by atoms with Crippen LogP contribution in [0.4, 0.5) is 4.39 Å². The molecular weight excluding hydrogens is 454 g/mol. The predicted molar refractivity (Wildman–Crippen MR) is 123 cm³/mol. The van der Waals surface area contributed by atoms with Crippen molar-refractivity contribution in [1.29, 1.82) is 0 Å². The molecule has 32 heavy (non-hydrogen) atoms. The number of nitrogens with one attached hydrogen (secondary N) is 1. The maximum Gasteiger partial charge on any atom is 0.261 e. The minimum absolute atomic E-state index is 0.0150. The van der Waals surface area contributed by atoms with Crippen LogP contribution >= 0.6 is 23.2 Å². The molecule has 2 aromatic rings. The van der Waals surface area contributed by atoms with Crippen LogP contribution in [0.5, 0.6) is 5.75 Å². The number of nitrogens with zero attached hydrogens (tertiary/aromatic N) is 1. The molecule has 1 aliphatic carbocycles. The molecule has 3 rings (SSSR count). The Hall–Kier alpha value is -2.31. The first-order valence-corrected chi connectivity index (χ1v) is 11.6. The summed E-state index contributed by atoms with van der Waals surface area (Å²) in [5, 5.41) is 3.84. The lowest BCUT2D eigenvalue weighted by atomic mass is 10.1. The van der Waals surface area contributed by atoms with Crippen molar-refractivity contribution in [3.05, 3.63) is 63.9 Å². The predicted octanol–water partition coefficient (Wildman–Crippen LogP) is 5.38. The van der Waals surface area contributed by atoms with Crippen LogP contribution in [0.15, 0.2) is 42.5 Å². The normalized spacial score (nSPS) is 14.8. The van der Waals surface area contributed by atoms with Crippen LogP contribution in [0.25, 0.3) is 0 Å². The van der Waals surface area contributed by atoms with Gasteiger partial charge in [0.15, 0.2) is 18.2 Å². The van der Waals surface area contributed by atoms with E-state index in [-0.39, 0.29) is 24.2 Å². The molecule has 0 spiro atoms. The van der Waals surface area contributed by atoms with E-state index in [4.69, 9.17) is 27.9 Å². The molecule has 1 atom stereocenters. The molecule has 0 saturated heterocycles. The summed E-state index contributed by atoms with van der Waals surface area (Å²) in [6.07, 6.45) is 4.48. The molecule has 0 aromatic heterocycles. The van der Waals surface area contributed by atoms with Crippen molar-refractivity contribution in [2.75, 3.05) is 6.61 Å². The molecule has 0 unspecified atom stereocenters. The van der Waals surface area contributed by atoms with E-state index in [1.165, 1.54) is 17.0 Å². The summed E-state index contributed by atoms with van der Waals surface area (Å²) >= 11 is 12.2. The molecule has 1 aliphatic rings. The first-order valence-electron chi connectivity index (χ1n) is 10.8. The third-order valence-corrected chi connectivity index (χ3v) is 6.35. The fourth-order valence-electron chi connectivity index (χ4n) is 3.91. The van der Waals surface area contributed by atoms with Gasteiger partial charge in [-0.1, -0.05) is 61.2 Å². The molecule has 0 radical (unpaired) electrons. The average molecular weight is 481 g/mol. The largest absolute Gasteiger partial charge is 0.481 e. The molecule has 172 valence electrons. The summed E-state index contributed by atoms with van der Waals surface area (Å²) in [5.74, 6) is -1.19. The number of ether oxygens (including phenoxy) is 1. The van der Waals surface area contributed by atoms with E-state index in [2.05, 4.69) is 5.32 Å². The van der Waals surface area contributed by atoms with E-state index in [1.54, 1.807) is 30.3 Å². The molecule has 0 heterocycles. The standard InChI is InChI=1S/C24H27Cl2FN2O3/c1-2-21(24(31)28-17-7-3-4-8-17)29(14-16-11-12-18(25)19(26)13-16)23(30)15-32-22-10-6-5-9-20(22)27/h5-6,9-13,17,21H,2-4,7-8,14-15H2,1H3,(H,28,31)/t21-/m0/s1. The number of halogens is 3. The van der Waals surface area contributed by atoms with Crippen LogP contribution in [-0.4, -0.2) is 35.4 Å². The number of hydrogen-bond donors (Lipinski definition) is 1. The van der Waals surface area contributed by atoms with Gasteiger partial charge in [0, 0.05) is 12.6 Å². The molecule has 0 aliphatic heterocycles. The first-order chi connectivity index (χ1) is 15.4. The monoisotopic (exact) mass is 480 g/mol. The van der Waals surface area contributed by atoms with E-state index in [1.807, 2.05) is 6.92 Å². The SMILES string of the molecule is CC[C@@H](C(=O)NC1CCCC1)N(Cc1ccc(Cl)c(Cl)c1)C(=O)COc1ccccc1F. The Balaban J connectivity index is 1.79. The second-order valence-corrected chi connectivity index (χ2v) is 8.72. The summed E-state index contributed by atoms with van der Waals surface area (Å²) in [5.41, 5.74) is 0.728. The fourth-order valence-corrected chi connectivity index (χ4v) is 4.23. The molecule has 2 amide bonds. The highest BCUT2D eigenvalue weighted by molar-refractivity contribution is 6.42. The number of benzene rings is 2. The summed E-state index contributed by atoms with van der Waals surface area (Å²) in [6.45, 7) is 1.61. The van der Waals surface area contributed by atoms with E-state index in [0.29, 0.717) is 16.5 Å². The van der Waals surface area contributed by atoms with Crippen LogP contribution in [0.2, 0.25) is 10.0 Å². The third-order valence-electron chi connectivity index (χ3n) is 5.61. The number of amides is 2. The van der Waals surface area contributed by atoms with Gasteiger partial charge in [-0.3, -0.25) is 9.59 Å². The molecule has 5 nitrogen and oxygen atoms in total. The molecule has 1 fully saturated rings. The highest BCUT2D eigenvalue weighted by atomic mass is 35.5. The Morgan fingerprint density at radius 1 is 1.16 bits per heavy atom.